The van der Waals surface area contributed by atoms with E-state index in [1.54, 1.807) is 16.7 Å². The Bertz CT molecular complexity index is 588. The second-order valence-corrected chi connectivity index (χ2v) is 10.5. The van der Waals surface area contributed by atoms with Gasteiger partial charge in [-0.15, -0.1) is 0 Å². The van der Waals surface area contributed by atoms with E-state index >= 15 is 0 Å². The fourth-order valence-electron chi connectivity index (χ4n) is 6.49. The van der Waals surface area contributed by atoms with Crippen molar-refractivity contribution in [3.63, 3.8) is 0 Å². The molecule has 0 radical (unpaired) electrons. The first-order chi connectivity index (χ1) is 14.2. The molecular weight excluding hydrogens is 348 g/mol. The topological polar surface area (TPSA) is 0 Å². The first-order valence-corrected chi connectivity index (χ1v) is 13.3. The van der Waals surface area contributed by atoms with Gasteiger partial charge in [0.05, 0.1) is 0 Å². The quantitative estimate of drug-likeness (QED) is 0.383. The van der Waals surface area contributed by atoms with Crippen LogP contribution >= 0.6 is 0 Å². The lowest BCUT2D eigenvalue weighted by molar-refractivity contribution is 0.294. The van der Waals surface area contributed by atoms with Crippen LogP contribution in [-0.4, -0.2) is 0 Å². The molecule has 1 atom stereocenters. The number of hydrogen-bond acceptors (Lipinski definition) is 0. The minimum Gasteiger partial charge on any atom is -0.0801 e. The smallest absolute Gasteiger partial charge is 0.0160 e. The van der Waals surface area contributed by atoms with Gasteiger partial charge in [0.1, 0.15) is 0 Å². The summed E-state index contributed by atoms with van der Waals surface area (Å²) in [4.78, 5) is 0. The van der Waals surface area contributed by atoms with Crippen LogP contribution in [0.3, 0.4) is 0 Å². The summed E-state index contributed by atoms with van der Waals surface area (Å²) >= 11 is 0. The maximum Gasteiger partial charge on any atom is -0.0160 e. The highest BCUT2D eigenvalue weighted by atomic mass is 14.3. The van der Waals surface area contributed by atoms with E-state index in [1.165, 1.54) is 96.3 Å². The van der Waals surface area contributed by atoms with Crippen LogP contribution in [0.15, 0.2) is 34.4 Å². The van der Waals surface area contributed by atoms with Crippen molar-refractivity contribution in [1.82, 2.24) is 0 Å². The van der Waals surface area contributed by atoms with Crippen LogP contribution in [-0.2, 0) is 0 Å². The highest BCUT2D eigenvalue weighted by Crippen LogP contribution is 2.42. The number of allylic oxidation sites excluding steroid dienone is 6. The average molecular weight is 397 g/mol. The summed E-state index contributed by atoms with van der Waals surface area (Å²) < 4.78 is 0. The van der Waals surface area contributed by atoms with Crippen LogP contribution < -0.4 is 0 Å². The predicted octanol–water partition coefficient (Wildman–Crippen LogP) is 9.57. The molecular formula is C29H48. The monoisotopic (exact) mass is 396 g/mol. The molecule has 3 rings (SSSR count). The van der Waals surface area contributed by atoms with Gasteiger partial charge in [0, 0.05) is 0 Å². The zero-order valence-corrected chi connectivity index (χ0v) is 20.1. The molecule has 0 saturated heterocycles. The summed E-state index contributed by atoms with van der Waals surface area (Å²) in [6.07, 6.45) is 26.3. The molecule has 0 amide bonds. The van der Waals surface area contributed by atoms with Gasteiger partial charge >= 0.3 is 0 Å². The third-order valence-electron chi connectivity index (χ3n) is 8.35. The van der Waals surface area contributed by atoms with Crippen molar-refractivity contribution in [3.05, 3.63) is 34.4 Å². The average Bonchev–Trinajstić information content (AvgIpc) is 2.75. The van der Waals surface area contributed by atoms with E-state index in [9.17, 15) is 0 Å². The standard InChI is InChI=1S/C29H48/c1-5-11-26-19-18-24(6-2)29(28(26)7-3)21-27(20-23-12-9-8-10-13-23)25-16-14-22(4)15-17-25/h18,21-23,25-26H,5-17,19-20H2,1-4H3/b27-21+. The Labute approximate surface area is 182 Å². The van der Waals surface area contributed by atoms with Crippen LogP contribution in [0.5, 0.6) is 0 Å². The van der Waals surface area contributed by atoms with Crippen LogP contribution in [0, 0.1) is 23.7 Å². The Hall–Kier alpha value is -0.780. The third kappa shape index (κ3) is 6.11. The summed E-state index contributed by atoms with van der Waals surface area (Å²) in [5.41, 5.74) is 6.97. The molecule has 2 saturated carbocycles. The Balaban J connectivity index is 1.92. The largest absolute Gasteiger partial charge is 0.0801 e. The van der Waals surface area contributed by atoms with Gasteiger partial charge in [-0.1, -0.05) is 102 Å². The van der Waals surface area contributed by atoms with Gasteiger partial charge in [-0.25, -0.2) is 0 Å². The molecule has 1 unspecified atom stereocenters. The minimum absolute atomic E-state index is 0.800. The van der Waals surface area contributed by atoms with E-state index < -0.39 is 0 Å². The van der Waals surface area contributed by atoms with Crippen LogP contribution in [0.4, 0.5) is 0 Å². The molecule has 29 heavy (non-hydrogen) atoms. The molecule has 0 aromatic carbocycles. The molecule has 0 heterocycles. The lowest BCUT2D eigenvalue weighted by Gasteiger charge is -2.33. The third-order valence-corrected chi connectivity index (χ3v) is 8.35. The van der Waals surface area contributed by atoms with Crippen molar-refractivity contribution >= 4 is 0 Å². The Kier molecular flexibility index (Phi) is 9.13. The molecule has 0 nitrogen and oxygen atoms in total. The second-order valence-electron chi connectivity index (χ2n) is 10.5. The van der Waals surface area contributed by atoms with Crippen molar-refractivity contribution < 1.29 is 0 Å². The van der Waals surface area contributed by atoms with E-state index in [0.717, 1.165) is 23.7 Å². The Morgan fingerprint density at radius 1 is 0.931 bits per heavy atom. The van der Waals surface area contributed by atoms with Crippen LogP contribution in [0.25, 0.3) is 0 Å². The molecule has 0 aliphatic heterocycles. The van der Waals surface area contributed by atoms with Gasteiger partial charge in [0.25, 0.3) is 0 Å². The molecule has 0 spiro atoms. The van der Waals surface area contributed by atoms with Gasteiger partial charge in [-0.05, 0) is 79.8 Å². The molecule has 0 aromatic heterocycles. The van der Waals surface area contributed by atoms with Crippen molar-refractivity contribution in [3.8, 4) is 0 Å². The van der Waals surface area contributed by atoms with E-state index in [4.69, 9.17) is 0 Å². The molecule has 0 N–H and O–H groups in total. The fourth-order valence-corrected chi connectivity index (χ4v) is 6.49. The van der Waals surface area contributed by atoms with Crippen molar-refractivity contribution in [2.24, 2.45) is 23.7 Å². The van der Waals surface area contributed by atoms with Gasteiger partial charge in [0.15, 0.2) is 0 Å². The predicted molar refractivity (Wildman–Crippen MR) is 129 cm³/mol. The lowest BCUT2D eigenvalue weighted by Crippen LogP contribution is -2.18. The summed E-state index contributed by atoms with van der Waals surface area (Å²) in [6, 6.07) is 0. The van der Waals surface area contributed by atoms with Gasteiger partial charge in [0.2, 0.25) is 0 Å². The number of rotatable bonds is 8. The lowest BCUT2D eigenvalue weighted by atomic mass is 9.72. The SMILES string of the molecule is CCCC1CC=C(CC)C(/C=C(\CC2CCCCC2)C2CCC(C)CC2)=C1CC. The highest BCUT2D eigenvalue weighted by molar-refractivity contribution is 5.48. The molecule has 0 bridgehead atoms. The zero-order valence-electron chi connectivity index (χ0n) is 20.1. The summed E-state index contributed by atoms with van der Waals surface area (Å²) in [6.45, 7) is 9.61. The summed E-state index contributed by atoms with van der Waals surface area (Å²) in [5.74, 6) is 3.57. The number of hydrogen-bond donors (Lipinski definition) is 0. The van der Waals surface area contributed by atoms with E-state index in [1.807, 2.05) is 5.57 Å². The molecule has 2 fully saturated rings. The second kappa shape index (κ2) is 11.6. The Morgan fingerprint density at radius 3 is 2.28 bits per heavy atom. The molecule has 0 heteroatoms. The van der Waals surface area contributed by atoms with Gasteiger partial charge in [-0.2, -0.15) is 0 Å². The van der Waals surface area contributed by atoms with E-state index in [-0.39, 0.29) is 0 Å². The van der Waals surface area contributed by atoms with Crippen LogP contribution in [0.1, 0.15) is 124 Å². The van der Waals surface area contributed by atoms with Crippen molar-refractivity contribution in [2.75, 3.05) is 0 Å². The van der Waals surface area contributed by atoms with E-state index in [2.05, 4.69) is 39.8 Å². The molecule has 3 aliphatic carbocycles. The van der Waals surface area contributed by atoms with Crippen LogP contribution in [0.2, 0.25) is 0 Å². The molecule has 0 aromatic rings. The van der Waals surface area contributed by atoms with Crippen molar-refractivity contribution in [2.45, 2.75) is 124 Å². The van der Waals surface area contributed by atoms with Gasteiger partial charge in [-0.3, -0.25) is 0 Å². The minimum atomic E-state index is 0.800. The summed E-state index contributed by atoms with van der Waals surface area (Å²) in [7, 11) is 0. The molecule has 3 aliphatic rings. The first kappa shape index (κ1) is 22.9. The first-order valence-electron chi connectivity index (χ1n) is 13.3. The maximum absolute atomic E-state index is 2.77. The zero-order chi connectivity index (χ0) is 20.6. The Morgan fingerprint density at radius 2 is 1.66 bits per heavy atom. The maximum atomic E-state index is 2.77. The van der Waals surface area contributed by atoms with Gasteiger partial charge < -0.3 is 0 Å². The summed E-state index contributed by atoms with van der Waals surface area (Å²) in [5, 5.41) is 0. The normalized spacial score (nSPS) is 29.9. The highest BCUT2D eigenvalue weighted by Gasteiger charge is 2.27. The van der Waals surface area contributed by atoms with Crippen molar-refractivity contribution in [1.29, 1.82) is 0 Å². The fraction of sp³-hybridized carbons (Fsp3) is 0.793. The molecule has 164 valence electrons. The van der Waals surface area contributed by atoms with E-state index in [0.29, 0.717) is 0 Å².